The molecule has 0 unspecified atom stereocenters. The van der Waals surface area contributed by atoms with Crippen LogP contribution in [-0.2, 0) is 6.54 Å². The third kappa shape index (κ3) is 3.42. The Morgan fingerprint density at radius 3 is 2.47 bits per heavy atom. The molecule has 0 aliphatic carbocycles. The van der Waals surface area contributed by atoms with Crippen LogP contribution in [0.4, 0.5) is 11.5 Å². The van der Waals surface area contributed by atoms with Crippen molar-refractivity contribution in [2.24, 2.45) is 5.84 Å². The average Bonchev–Trinajstić information content (AvgIpc) is 2.38. The van der Waals surface area contributed by atoms with Gasteiger partial charge in [0.25, 0.3) is 0 Å². The summed E-state index contributed by atoms with van der Waals surface area (Å²) in [4.78, 5) is 10.9. The van der Waals surface area contributed by atoms with Crippen LogP contribution in [-0.4, -0.2) is 17.0 Å². The molecule has 0 amide bonds. The molecule has 0 fully saturated rings. The van der Waals surface area contributed by atoms with Gasteiger partial charge in [-0.05, 0) is 26.0 Å². The molecule has 0 saturated heterocycles. The number of aromatic nitrogens is 2. The van der Waals surface area contributed by atoms with Crippen molar-refractivity contribution in [3.63, 3.8) is 0 Å². The van der Waals surface area contributed by atoms with Crippen molar-refractivity contribution >= 4 is 11.5 Å². The van der Waals surface area contributed by atoms with E-state index < -0.39 is 0 Å². The second-order valence-electron chi connectivity index (χ2n) is 4.65. The van der Waals surface area contributed by atoms with Gasteiger partial charge < -0.3 is 10.3 Å². The molecule has 3 N–H and O–H groups in total. The smallest absolute Gasteiger partial charge is 0.150 e. The number of benzene rings is 1. The molecule has 100 valence electrons. The molecule has 2 rings (SSSR count). The largest absolute Gasteiger partial charge is 0.367 e. The van der Waals surface area contributed by atoms with E-state index in [1.807, 2.05) is 20.0 Å². The average molecular weight is 257 g/mol. The van der Waals surface area contributed by atoms with Gasteiger partial charge in [-0.3, -0.25) is 0 Å². The molecule has 19 heavy (non-hydrogen) atoms. The Bertz CT molecular complexity index is 550. The van der Waals surface area contributed by atoms with E-state index in [4.69, 9.17) is 5.84 Å². The van der Waals surface area contributed by atoms with E-state index in [-0.39, 0.29) is 0 Å². The van der Waals surface area contributed by atoms with Gasteiger partial charge >= 0.3 is 0 Å². The molecule has 0 aliphatic rings. The molecule has 2 aromatic rings. The van der Waals surface area contributed by atoms with Crippen molar-refractivity contribution in [1.29, 1.82) is 0 Å². The number of nitrogens with one attached hydrogen (secondary N) is 1. The van der Waals surface area contributed by atoms with Gasteiger partial charge in [0.15, 0.2) is 0 Å². The Hall–Kier alpha value is -2.14. The summed E-state index contributed by atoms with van der Waals surface area (Å²) in [6, 6.07) is 10.2. The SMILES string of the molecule is Cc1ccc(N(C)Cc2nc(C)cc(NN)n2)cc1. The lowest BCUT2D eigenvalue weighted by molar-refractivity contribution is 0.828. The number of hydrogen-bond donors (Lipinski definition) is 2. The topological polar surface area (TPSA) is 67.1 Å². The number of aryl methyl sites for hydroxylation is 2. The lowest BCUT2D eigenvalue weighted by Gasteiger charge is -2.19. The number of rotatable bonds is 4. The summed E-state index contributed by atoms with van der Waals surface area (Å²) in [6.45, 7) is 4.64. The molecule has 1 aromatic heterocycles. The number of nitrogen functional groups attached to an aromatic ring is 1. The first kappa shape index (κ1) is 13.3. The zero-order valence-corrected chi connectivity index (χ0v) is 11.5. The molecule has 5 heteroatoms. The van der Waals surface area contributed by atoms with E-state index >= 15 is 0 Å². The van der Waals surface area contributed by atoms with Crippen LogP contribution in [0, 0.1) is 13.8 Å². The Balaban J connectivity index is 2.16. The van der Waals surface area contributed by atoms with E-state index in [9.17, 15) is 0 Å². The molecule has 0 bridgehead atoms. The van der Waals surface area contributed by atoms with Crippen molar-refractivity contribution in [2.45, 2.75) is 20.4 Å². The predicted octanol–water partition coefficient (Wildman–Crippen LogP) is 2.02. The highest BCUT2D eigenvalue weighted by Crippen LogP contribution is 2.15. The van der Waals surface area contributed by atoms with Gasteiger partial charge in [-0.1, -0.05) is 17.7 Å². The fourth-order valence-corrected chi connectivity index (χ4v) is 1.88. The van der Waals surface area contributed by atoms with Crippen molar-refractivity contribution in [1.82, 2.24) is 9.97 Å². The second-order valence-corrected chi connectivity index (χ2v) is 4.65. The standard InChI is InChI=1S/C14H19N5/c1-10-4-6-12(7-5-10)19(3)9-14-16-11(2)8-13(17-14)18-15/h4-8H,9,15H2,1-3H3,(H,16,17,18). The summed E-state index contributed by atoms with van der Waals surface area (Å²) >= 11 is 0. The van der Waals surface area contributed by atoms with Crippen LogP contribution >= 0.6 is 0 Å². The van der Waals surface area contributed by atoms with E-state index in [0.29, 0.717) is 12.4 Å². The van der Waals surface area contributed by atoms with Crippen molar-refractivity contribution in [3.05, 3.63) is 47.4 Å². The number of nitrogens with two attached hydrogens (primary N) is 1. The van der Waals surface area contributed by atoms with Crippen LogP contribution in [0.25, 0.3) is 0 Å². The summed E-state index contributed by atoms with van der Waals surface area (Å²) < 4.78 is 0. The molecule has 1 heterocycles. The Labute approximate surface area is 113 Å². The quantitative estimate of drug-likeness (QED) is 0.648. The first-order chi connectivity index (χ1) is 9.08. The van der Waals surface area contributed by atoms with Gasteiger partial charge in [0.05, 0.1) is 6.54 Å². The maximum atomic E-state index is 5.39. The van der Waals surface area contributed by atoms with Crippen LogP contribution < -0.4 is 16.2 Å². The van der Waals surface area contributed by atoms with Crippen LogP contribution in [0.5, 0.6) is 0 Å². The highest BCUT2D eigenvalue weighted by Gasteiger charge is 2.06. The summed E-state index contributed by atoms with van der Waals surface area (Å²) in [5.74, 6) is 6.78. The molecule has 0 radical (unpaired) electrons. The first-order valence-corrected chi connectivity index (χ1v) is 6.17. The minimum atomic E-state index is 0.638. The molecule has 0 aliphatic heterocycles. The molecule has 1 aromatic carbocycles. The molecular weight excluding hydrogens is 238 g/mol. The summed E-state index contributed by atoms with van der Waals surface area (Å²) in [7, 11) is 2.02. The third-order valence-electron chi connectivity index (χ3n) is 2.90. The Kier molecular flexibility index (Phi) is 3.97. The van der Waals surface area contributed by atoms with Gasteiger partial charge in [-0.2, -0.15) is 0 Å². The van der Waals surface area contributed by atoms with Crippen molar-refractivity contribution < 1.29 is 0 Å². The normalized spacial score (nSPS) is 10.3. The van der Waals surface area contributed by atoms with E-state index in [0.717, 1.165) is 17.2 Å². The lowest BCUT2D eigenvalue weighted by atomic mass is 10.2. The summed E-state index contributed by atoms with van der Waals surface area (Å²) in [6.07, 6.45) is 0. The minimum Gasteiger partial charge on any atom is -0.367 e. The molecular formula is C14H19N5. The van der Waals surface area contributed by atoms with Gasteiger partial charge in [-0.15, -0.1) is 0 Å². The number of hydrogen-bond acceptors (Lipinski definition) is 5. The van der Waals surface area contributed by atoms with Gasteiger partial charge in [0, 0.05) is 24.5 Å². The van der Waals surface area contributed by atoms with Crippen LogP contribution in [0.2, 0.25) is 0 Å². The second kappa shape index (κ2) is 5.67. The monoisotopic (exact) mass is 257 g/mol. The van der Waals surface area contributed by atoms with Gasteiger partial charge in [-0.25, -0.2) is 15.8 Å². The van der Waals surface area contributed by atoms with Crippen molar-refractivity contribution in [3.8, 4) is 0 Å². The molecule has 0 atom stereocenters. The molecule has 5 nitrogen and oxygen atoms in total. The summed E-state index contributed by atoms with van der Waals surface area (Å²) in [5.41, 5.74) is 5.84. The Morgan fingerprint density at radius 2 is 1.84 bits per heavy atom. The summed E-state index contributed by atoms with van der Waals surface area (Å²) in [5, 5.41) is 0. The maximum Gasteiger partial charge on any atom is 0.150 e. The fraction of sp³-hybridized carbons (Fsp3) is 0.286. The third-order valence-corrected chi connectivity index (χ3v) is 2.90. The number of hydrazine groups is 1. The zero-order valence-electron chi connectivity index (χ0n) is 11.5. The Morgan fingerprint density at radius 1 is 1.16 bits per heavy atom. The van der Waals surface area contributed by atoms with Crippen LogP contribution in [0.3, 0.4) is 0 Å². The number of nitrogens with zero attached hydrogens (tertiary/aromatic N) is 3. The van der Waals surface area contributed by atoms with E-state index in [1.165, 1.54) is 5.56 Å². The predicted molar refractivity (Wildman–Crippen MR) is 77.9 cm³/mol. The van der Waals surface area contributed by atoms with Crippen LogP contribution in [0.15, 0.2) is 30.3 Å². The van der Waals surface area contributed by atoms with Gasteiger partial charge in [0.2, 0.25) is 0 Å². The zero-order chi connectivity index (χ0) is 13.8. The maximum absolute atomic E-state index is 5.39. The molecule has 0 spiro atoms. The number of anilines is 2. The highest BCUT2D eigenvalue weighted by atomic mass is 15.3. The fourth-order valence-electron chi connectivity index (χ4n) is 1.88. The van der Waals surface area contributed by atoms with Gasteiger partial charge in [0.1, 0.15) is 11.6 Å². The highest BCUT2D eigenvalue weighted by molar-refractivity contribution is 5.47. The van der Waals surface area contributed by atoms with E-state index in [1.54, 1.807) is 0 Å². The first-order valence-electron chi connectivity index (χ1n) is 6.17. The van der Waals surface area contributed by atoms with Crippen molar-refractivity contribution in [2.75, 3.05) is 17.4 Å². The molecule has 0 saturated carbocycles. The minimum absolute atomic E-state index is 0.638. The van der Waals surface area contributed by atoms with E-state index in [2.05, 4.69) is 51.5 Å². The lowest BCUT2D eigenvalue weighted by Crippen LogP contribution is -2.19. The van der Waals surface area contributed by atoms with Crippen LogP contribution in [0.1, 0.15) is 17.1 Å².